The predicted molar refractivity (Wildman–Crippen MR) is 53.7 cm³/mol. The lowest BCUT2D eigenvalue weighted by Gasteiger charge is -2.36. The Bertz CT molecular complexity index is 197. The average molecular weight is 185 g/mol. The molecule has 1 heterocycles. The van der Waals surface area contributed by atoms with Crippen molar-refractivity contribution < 1.29 is 4.74 Å². The first kappa shape index (κ1) is 10.3. The van der Waals surface area contributed by atoms with E-state index in [0.717, 1.165) is 19.8 Å². The molecule has 4 heteroatoms. The number of hydrogen-bond donors (Lipinski definition) is 2. The van der Waals surface area contributed by atoms with Crippen molar-refractivity contribution in [2.24, 2.45) is 16.1 Å². The van der Waals surface area contributed by atoms with Gasteiger partial charge in [0.15, 0.2) is 5.96 Å². The van der Waals surface area contributed by atoms with Gasteiger partial charge in [-0.3, -0.25) is 4.99 Å². The van der Waals surface area contributed by atoms with Crippen LogP contribution in [0.5, 0.6) is 0 Å². The van der Waals surface area contributed by atoms with E-state index < -0.39 is 0 Å². The summed E-state index contributed by atoms with van der Waals surface area (Å²) < 4.78 is 5.12. The zero-order valence-electron chi connectivity index (χ0n) is 8.63. The number of aliphatic imine (C=N–C) groups is 1. The van der Waals surface area contributed by atoms with Gasteiger partial charge in [-0.2, -0.15) is 0 Å². The first-order chi connectivity index (χ1) is 6.02. The highest BCUT2D eigenvalue weighted by Gasteiger charge is 2.32. The Hall–Kier alpha value is -0.770. The standard InChI is InChI=1S/C9H19N3O/c1-7(2)12-8(10)11-4-9(3)5-13-6-9/h7H,4-6H2,1-3H3,(H3,10,11,12). The topological polar surface area (TPSA) is 59.6 Å². The normalized spacial score (nSPS) is 21.4. The number of nitrogens with one attached hydrogen (secondary N) is 1. The SMILES string of the molecule is CC(C)NC(N)=NCC1(C)COC1. The van der Waals surface area contributed by atoms with Crippen LogP contribution in [0, 0.1) is 5.41 Å². The molecule has 0 aliphatic carbocycles. The maximum atomic E-state index is 5.66. The molecule has 13 heavy (non-hydrogen) atoms. The summed E-state index contributed by atoms with van der Waals surface area (Å²) in [5, 5.41) is 3.05. The van der Waals surface area contributed by atoms with E-state index in [2.05, 4.69) is 17.2 Å². The number of nitrogens with zero attached hydrogens (tertiary/aromatic N) is 1. The fourth-order valence-electron chi connectivity index (χ4n) is 1.16. The third-order valence-corrected chi connectivity index (χ3v) is 1.97. The van der Waals surface area contributed by atoms with Crippen molar-refractivity contribution in [1.82, 2.24) is 5.32 Å². The lowest BCUT2D eigenvalue weighted by atomic mass is 9.89. The lowest BCUT2D eigenvalue weighted by molar-refractivity contribution is -0.0945. The predicted octanol–water partition coefficient (Wildman–Crippen LogP) is 0.336. The second kappa shape index (κ2) is 3.96. The summed E-state index contributed by atoms with van der Waals surface area (Å²) in [4.78, 5) is 4.26. The van der Waals surface area contributed by atoms with E-state index in [1.807, 2.05) is 13.8 Å². The van der Waals surface area contributed by atoms with Crippen LogP contribution in [0.15, 0.2) is 4.99 Å². The fraction of sp³-hybridized carbons (Fsp3) is 0.889. The van der Waals surface area contributed by atoms with E-state index in [-0.39, 0.29) is 5.41 Å². The van der Waals surface area contributed by atoms with Crippen LogP contribution in [0.3, 0.4) is 0 Å². The monoisotopic (exact) mass is 185 g/mol. The van der Waals surface area contributed by atoms with Gasteiger partial charge >= 0.3 is 0 Å². The summed E-state index contributed by atoms with van der Waals surface area (Å²) in [6.07, 6.45) is 0. The molecule has 1 fully saturated rings. The number of nitrogens with two attached hydrogens (primary N) is 1. The van der Waals surface area contributed by atoms with Gasteiger partial charge in [0.2, 0.25) is 0 Å². The molecule has 4 nitrogen and oxygen atoms in total. The van der Waals surface area contributed by atoms with Gasteiger partial charge in [-0.15, -0.1) is 0 Å². The maximum Gasteiger partial charge on any atom is 0.188 e. The number of hydrogen-bond acceptors (Lipinski definition) is 2. The zero-order chi connectivity index (χ0) is 9.90. The molecule has 1 rings (SSSR count). The van der Waals surface area contributed by atoms with E-state index >= 15 is 0 Å². The van der Waals surface area contributed by atoms with Crippen LogP contribution >= 0.6 is 0 Å². The van der Waals surface area contributed by atoms with Crippen LogP contribution in [0.2, 0.25) is 0 Å². The van der Waals surface area contributed by atoms with Gasteiger partial charge in [0.05, 0.1) is 19.8 Å². The van der Waals surface area contributed by atoms with E-state index in [4.69, 9.17) is 10.5 Å². The third kappa shape index (κ3) is 3.22. The van der Waals surface area contributed by atoms with Crippen molar-refractivity contribution in [3.8, 4) is 0 Å². The molecule has 0 bridgehead atoms. The molecule has 0 amide bonds. The first-order valence-electron chi connectivity index (χ1n) is 4.66. The minimum atomic E-state index is 0.212. The Kier molecular flexibility index (Phi) is 3.14. The fourth-order valence-corrected chi connectivity index (χ4v) is 1.16. The minimum Gasteiger partial charge on any atom is -0.380 e. The van der Waals surface area contributed by atoms with Gasteiger partial charge < -0.3 is 15.8 Å². The summed E-state index contributed by atoms with van der Waals surface area (Å²) in [5.74, 6) is 0.531. The second-order valence-corrected chi connectivity index (χ2v) is 4.30. The highest BCUT2D eigenvalue weighted by Crippen LogP contribution is 2.26. The summed E-state index contributed by atoms with van der Waals surface area (Å²) in [6, 6.07) is 0.342. The molecule has 1 aliphatic heterocycles. The molecule has 0 spiro atoms. The Morgan fingerprint density at radius 3 is 2.62 bits per heavy atom. The Labute approximate surface area is 79.6 Å². The van der Waals surface area contributed by atoms with Gasteiger partial charge in [0, 0.05) is 11.5 Å². The Morgan fingerprint density at radius 2 is 2.23 bits per heavy atom. The van der Waals surface area contributed by atoms with Crippen molar-refractivity contribution in [3.05, 3.63) is 0 Å². The van der Waals surface area contributed by atoms with E-state index in [9.17, 15) is 0 Å². The average Bonchev–Trinajstić information content (AvgIpc) is 1.96. The first-order valence-corrected chi connectivity index (χ1v) is 4.66. The molecule has 3 N–H and O–H groups in total. The highest BCUT2D eigenvalue weighted by atomic mass is 16.5. The van der Waals surface area contributed by atoms with Crippen molar-refractivity contribution in [2.45, 2.75) is 26.8 Å². The summed E-state index contributed by atoms with van der Waals surface area (Å²) in [6.45, 7) is 8.57. The molecular weight excluding hydrogens is 166 g/mol. The number of guanidine groups is 1. The second-order valence-electron chi connectivity index (χ2n) is 4.30. The van der Waals surface area contributed by atoms with Crippen molar-refractivity contribution in [2.75, 3.05) is 19.8 Å². The molecule has 0 unspecified atom stereocenters. The Morgan fingerprint density at radius 1 is 1.62 bits per heavy atom. The molecule has 1 saturated heterocycles. The zero-order valence-corrected chi connectivity index (χ0v) is 8.63. The van der Waals surface area contributed by atoms with Crippen LogP contribution in [-0.4, -0.2) is 31.8 Å². The lowest BCUT2D eigenvalue weighted by Crippen LogP contribution is -2.44. The quantitative estimate of drug-likeness (QED) is 0.492. The largest absolute Gasteiger partial charge is 0.380 e. The smallest absolute Gasteiger partial charge is 0.188 e. The molecule has 0 radical (unpaired) electrons. The van der Waals surface area contributed by atoms with Gasteiger partial charge in [0.1, 0.15) is 0 Å². The van der Waals surface area contributed by atoms with E-state index in [0.29, 0.717) is 12.0 Å². The summed E-state index contributed by atoms with van der Waals surface area (Å²) in [5.41, 5.74) is 5.87. The van der Waals surface area contributed by atoms with E-state index in [1.165, 1.54) is 0 Å². The molecule has 0 aromatic heterocycles. The van der Waals surface area contributed by atoms with Gasteiger partial charge in [-0.25, -0.2) is 0 Å². The maximum absolute atomic E-state index is 5.66. The van der Waals surface area contributed by atoms with Gasteiger partial charge in [-0.05, 0) is 13.8 Å². The minimum absolute atomic E-state index is 0.212. The van der Waals surface area contributed by atoms with Crippen LogP contribution in [0.4, 0.5) is 0 Å². The summed E-state index contributed by atoms with van der Waals surface area (Å²) in [7, 11) is 0. The Balaban J connectivity index is 2.29. The van der Waals surface area contributed by atoms with Crippen LogP contribution in [0.25, 0.3) is 0 Å². The molecule has 0 aromatic rings. The molecular formula is C9H19N3O. The molecule has 76 valence electrons. The molecule has 0 atom stereocenters. The van der Waals surface area contributed by atoms with Gasteiger partial charge in [-0.1, -0.05) is 6.92 Å². The van der Waals surface area contributed by atoms with Crippen LogP contribution in [0.1, 0.15) is 20.8 Å². The van der Waals surface area contributed by atoms with Gasteiger partial charge in [0.25, 0.3) is 0 Å². The molecule has 1 aliphatic rings. The van der Waals surface area contributed by atoms with Crippen LogP contribution < -0.4 is 11.1 Å². The van der Waals surface area contributed by atoms with Crippen LogP contribution in [-0.2, 0) is 4.74 Å². The highest BCUT2D eigenvalue weighted by molar-refractivity contribution is 5.78. The number of rotatable bonds is 3. The number of ether oxygens (including phenoxy) is 1. The third-order valence-electron chi connectivity index (χ3n) is 1.97. The van der Waals surface area contributed by atoms with E-state index in [1.54, 1.807) is 0 Å². The van der Waals surface area contributed by atoms with Crippen molar-refractivity contribution in [1.29, 1.82) is 0 Å². The molecule has 0 saturated carbocycles. The summed E-state index contributed by atoms with van der Waals surface area (Å²) >= 11 is 0. The molecule has 0 aromatic carbocycles. The van der Waals surface area contributed by atoms with Crippen molar-refractivity contribution in [3.63, 3.8) is 0 Å². The van der Waals surface area contributed by atoms with Crippen molar-refractivity contribution >= 4 is 5.96 Å².